The van der Waals surface area contributed by atoms with Crippen LogP contribution in [0.15, 0.2) is 12.7 Å². The van der Waals surface area contributed by atoms with Gasteiger partial charge in [-0.15, -0.1) is 0 Å². The predicted molar refractivity (Wildman–Crippen MR) is 60.7 cm³/mol. The zero-order chi connectivity index (χ0) is 13.6. The van der Waals surface area contributed by atoms with Crippen molar-refractivity contribution in [3.05, 3.63) is 18.1 Å². The molecule has 0 bridgehead atoms. The smallest absolute Gasteiger partial charge is 0.182 e. The maximum absolute atomic E-state index is 9.92. The Kier molecular flexibility index (Phi) is 2.82. The molecule has 0 unspecified atom stereocenters. The molecule has 0 aliphatic carbocycles. The Labute approximate surface area is 106 Å². The molecule has 0 radical (unpaired) electrons. The third-order valence-electron chi connectivity index (χ3n) is 3.21. The number of aromatic nitrogens is 4. The number of aliphatic hydroxyl groups is 3. The number of hydrogen-bond acceptors (Lipinski definition) is 7. The van der Waals surface area contributed by atoms with Gasteiger partial charge >= 0.3 is 0 Å². The first-order valence-corrected chi connectivity index (χ1v) is 5.70. The van der Waals surface area contributed by atoms with Gasteiger partial charge in [0, 0.05) is 0 Å². The number of aromatic amines is 1. The summed E-state index contributed by atoms with van der Waals surface area (Å²) < 4.78 is 6.63. The van der Waals surface area contributed by atoms with Gasteiger partial charge in [-0.1, -0.05) is 0 Å². The summed E-state index contributed by atoms with van der Waals surface area (Å²) in [5.41, 5.74) is 0.811. The lowest BCUT2D eigenvalue weighted by Crippen LogP contribution is -2.35. The molecule has 1 aliphatic heterocycles. The number of rotatable bonds is 2. The number of fused-ring (bicyclic) bond motifs is 1. The van der Waals surface area contributed by atoms with Crippen LogP contribution in [0.2, 0.25) is 0 Å². The van der Waals surface area contributed by atoms with Crippen LogP contribution in [0.4, 0.5) is 0 Å². The molecule has 2 aromatic heterocycles. The van der Waals surface area contributed by atoms with E-state index in [0.29, 0.717) is 11.2 Å². The lowest BCUT2D eigenvalue weighted by molar-refractivity contribution is -0.0551. The average molecular weight is 267 g/mol. The number of ether oxygens (including phenoxy) is 1. The van der Waals surface area contributed by atoms with E-state index < -0.39 is 31.1 Å². The van der Waals surface area contributed by atoms with Gasteiger partial charge in [0.05, 0.1) is 12.9 Å². The van der Waals surface area contributed by atoms with Crippen LogP contribution in [-0.4, -0.2) is 59.8 Å². The molecule has 9 heteroatoms. The topological polar surface area (TPSA) is 140 Å². The Morgan fingerprint density at radius 3 is 2.84 bits per heavy atom. The zero-order valence-electron chi connectivity index (χ0n) is 9.76. The maximum atomic E-state index is 9.92. The first-order chi connectivity index (χ1) is 9.13. The number of aliphatic hydroxyl groups excluding tert-OH is 3. The van der Waals surface area contributed by atoms with Crippen LogP contribution < -0.4 is 5.49 Å². The molecule has 0 spiro atoms. The summed E-state index contributed by atoms with van der Waals surface area (Å²) in [6.45, 7) is -0.414. The molecule has 9 nitrogen and oxygen atoms in total. The molecule has 102 valence electrons. The second kappa shape index (κ2) is 4.38. The summed E-state index contributed by atoms with van der Waals surface area (Å²) in [7, 11) is 0. The summed E-state index contributed by atoms with van der Waals surface area (Å²) in [5.74, 6) is 0. The Balaban J connectivity index is 2.05. The molecule has 3 heterocycles. The molecule has 19 heavy (non-hydrogen) atoms. The van der Waals surface area contributed by atoms with Crippen LogP contribution in [-0.2, 0) is 4.74 Å². The van der Waals surface area contributed by atoms with Crippen molar-refractivity contribution in [1.82, 2.24) is 19.5 Å². The highest BCUT2D eigenvalue weighted by atomic mass is 16.6. The quantitative estimate of drug-likeness (QED) is 0.420. The molecule has 4 atom stereocenters. The Bertz CT molecular complexity index is 653. The fourth-order valence-electron chi connectivity index (χ4n) is 2.17. The molecule has 1 aliphatic rings. The fourth-order valence-corrected chi connectivity index (χ4v) is 2.17. The largest absolute Gasteiger partial charge is 0.394 e. The van der Waals surface area contributed by atoms with Gasteiger partial charge in [0.15, 0.2) is 17.4 Å². The van der Waals surface area contributed by atoms with E-state index in [1.165, 1.54) is 17.2 Å². The van der Waals surface area contributed by atoms with Gasteiger partial charge in [0.25, 0.3) is 0 Å². The Morgan fingerprint density at radius 2 is 2.16 bits per heavy atom. The third kappa shape index (κ3) is 1.75. The summed E-state index contributed by atoms with van der Waals surface area (Å²) in [4.78, 5) is 10.7. The monoisotopic (exact) mass is 267 g/mol. The zero-order valence-corrected chi connectivity index (χ0v) is 9.76. The Hall–Kier alpha value is -1.81. The van der Waals surface area contributed by atoms with Gasteiger partial charge < -0.3 is 25.0 Å². The summed E-state index contributed by atoms with van der Waals surface area (Å²) in [6.07, 6.45) is -1.58. The van der Waals surface area contributed by atoms with E-state index >= 15 is 0 Å². The van der Waals surface area contributed by atoms with E-state index in [1.807, 2.05) is 0 Å². The minimum Gasteiger partial charge on any atom is -0.394 e. The third-order valence-corrected chi connectivity index (χ3v) is 3.21. The van der Waals surface area contributed by atoms with Gasteiger partial charge in [-0.2, -0.15) is 0 Å². The van der Waals surface area contributed by atoms with Gasteiger partial charge in [0.2, 0.25) is 0 Å². The summed E-state index contributed by atoms with van der Waals surface area (Å²) in [6, 6.07) is 0. The minimum atomic E-state index is -1.24. The van der Waals surface area contributed by atoms with Crippen LogP contribution in [0.5, 0.6) is 0 Å². The first kappa shape index (κ1) is 12.2. The summed E-state index contributed by atoms with van der Waals surface area (Å²) >= 11 is 0. The van der Waals surface area contributed by atoms with Crippen LogP contribution in [0.1, 0.15) is 6.23 Å². The standard InChI is InChI=1S/C10H13N5O4/c11-8-5-9(13-2-12-5)14-3-15(8)10-7(18)6(17)4(1-16)19-10/h2-4,6-7,10-11,16-18H,1H2,(H,12,13)/t4-,6-,7+,10-/m1/s1. The van der Waals surface area contributed by atoms with Gasteiger partial charge in [-0.25, -0.2) is 9.97 Å². The highest BCUT2D eigenvalue weighted by Gasteiger charge is 2.43. The second-order valence-corrected chi connectivity index (χ2v) is 4.33. The molecule has 3 rings (SSSR count). The van der Waals surface area contributed by atoms with E-state index in [0.717, 1.165) is 0 Å². The highest BCUT2D eigenvalue weighted by molar-refractivity contribution is 5.67. The number of H-pyrrole nitrogens is 1. The van der Waals surface area contributed by atoms with Crippen molar-refractivity contribution in [2.24, 2.45) is 0 Å². The summed E-state index contributed by atoms with van der Waals surface area (Å²) in [5, 5.41) is 36.7. The molecular weight excluding hydrogens is 254 g/mol. The van der Waals surface area contributed by atoms with Crippen molar-refractivity contribution in [2.75, 3.05) is 6.61 Å². The molecule has 5 N–H and O–H groups in total. The van der Waals surface area contributed by atoms with Crippen molar-refractivity contribution in [3.8, 4) is 0 Å². The van der Waals surface area contributed by atoms with Gasteiger partial charge in [-0.3, -0.25) is 9.98 Å². The molecule has 2 aromatic rings. The van der Waals surface area contributed by atoms with E-state index in [9.17, 15) is 10.2 Å². The van der Waals surface area contributed by atoms with Gasteiger partial charge in [0.1, 0.15) is 30.2 Å². The normalized spacial score (nSPS) is 31.1. The number of nitrogens with zero attached hydrogens (tertiary/aromatic N) is 3. The van der Waals surface area contributed by atoms with Gasteiger partial charge in [-0.05, 0) is 0 Å². The van der Waals surface area contributed by atoms with Crippen molar-refractivity contribution in [3.63, 3.8) is 0 Å². The molecule has 0 aromatic carbocycles. The number of hydrogen-bond donors (Lipinski definition) is 5. The average Bonchev–Trinajstić information content (AvgIpc) is 2.98. The number of nitrogens with one attached hydrogen (secondary N) is 2. The van der Waals surface area contributed by atoms with Crippen LogP contribution in [0.25, 0.3) is 11.2 Å². The molecule has 1 fully saturated rings. The fraction of sp³-hybridized carbons (Fsp3) is 0.500. The van der Waals surface area contributed by atoms with Crippen molar-refractivity contribution in [1.29, 1.82) is 5.41 Å². The molecule has 0 saturated carbocycles. The predicted octanol–water partition coefficient (Wildman–Crippen LogP) is -2.15. The first-order valence-electron chi connectivity index (χ1n) is 5.70. The maximum Gasteiger partial charge on any atom is 0.182 e. The molecule has 1 saturated heterocycles. The van der Waals surface area contributed by atoms with Crippen molar-refractivity contribution in [2.45, 2.75) is 24.5 Å². The second-order valence-electron chi connectivity index (χ2n) is 4.33. The lowest BCUT2D eigenvalue weighted by Gasteiger charge is -2.17. The minimum absolute atomic E-state index is 0.0253. The van der Waals surface area contributed by atoms with E-state index in [-0.39, 0.29) is 5.49 Å². The Morgan fingerprint density at radius 1 is 1.37 bits per heavy atom. The van der Waals surface area contributed by atoms with Crippen molar-refractivity contribution < 1.29 is 20.1 Å². The van der Waals surface area contributed by atoms with Crippen molar-refractivity contribution >= 4 is 11.2 Å². The lowest BCUT2D eigenvalue weighted by atomic mass is 10.1. The molecule has 0 amide bonds. The van der Waals surface area contributed by atoms with Crippen LogP contribution in [0.3, 0.4) is 0 Å². The van der Waals surface area contributed by atoms with E-state index in [4.69, 9.17) is 15.3 Å². The van der Waals surface area contributed by atoms with Crippen LogP contribution >= 0.6 is 0 Å². The van der Waals surface area contributed by atoms with Crippen LogP contribution in [0, 0.1) is 5.41 Å². The van der Waals surface area contributed by atoms with E-state index in [1.54, 1.807) is 0 Å². The van der Waals surface area contributed by atoms with E-state index in [2.05, 4.69) is 15.0 Å². The number of imidazole rings is 1. The SMILES string of the molecule is N=c1c2[nH]cnc2ncn1[C@@H]1O[C@H](CO)[C@@H](O)[C@@H]1O. The highest BCUT2D eigenvalue weighted by Crippen LogP contribution is 2.28. The molecular formula is C10H13N5O4.